The SMILES string of the molecule is CCCCCCCCCCC[PH](CCCCC)(CCCCC)CCCCC. The van der Waals surface area contributed by atoms with Crippen molar-refractivity contribution in [1.82, 2.24) is 0 Å². The van der Waals surface area contributed by atoms with Crippen LogP contribution in [0.3, 0.4) is 0 Å². The van der Waals surface area contributed by atoms with Gasteiger partial charge >= 0.3 is 175 Å². The van der Waals surface area contributed by atoms with Gasteiger partial charge in [0.25, 0.3) is 0 Å². The maximum atomic E-state index is 2.37. The number of hydrogen-bond donors (Lipinski definition) is 0. The first-order chi connectivity index (χ1) is 13.2. The zero-order valence-electron chi connectivity index (χ0n) is 20.1. The van der Waals surface area contributed by atoms with Gasteiger partial charge < -0.3 is 0 Å². The van der Waals surface area contributed by atoms with Crippen LogP contribution in [0.4, 0.5) is 0 Å². The summed E-state index contributed by atoms with van der Waals surface area (Å²) in [5.74, 6) is 0. The summed E-state index contributed by atoms with van der Waals surface area (Å²) in [5, 5.41) is 0. The van der Waals surface area contributed by atoms with Crippen molar-refractivity contribution in [1.29, 1.82) is 0 Å². The molecule has 0 radical (unpaired) electrons. The third-order valence-corrected chi connectivity index (χ3v) is 12.4. The molecule has 0 spiro atoms. The average molecular weight is 401 g/mol. The summed E-state index contributed by atoms with van der Waals surface area (Å²) in [6.45, 7) is 9.44. The predicted molar refractivity (Wildman–Crippen MR) is 134 cm³/mol. The van der Waals surface area contributed by atoms with Crippen LogP contribution in [0.5, 0.6) is 0 Å². The molecule has 0 aliphatic heterocycles. The third-order valence-electron chi connectivity index (χ3n) is 6.74. The molecule has 0 N–H and O–H groups in total. The molecule has 0 unspecified atom stereocenters. The van der Waals surface area contributed by atoms with E-state index in [9.17, 15) is 0 Å². The molecule has 0 heterocycles. The Kier molecular flexibility index (Phi) is 21.5. The topological polar surface area (TPSA) is 0 Å². The molecule has 0 saturated carbocycles. The first-order valence-electron chi connectivity index (χ1n) is 13.2. The van der Waals surface area contributed by atoms with E-state index in [0.717, 1.165) is 0 Å². The predicted octanol–water partition coefficient (Wildman–Crippen LogP) is 9.84. The summed E-state index contributed by atoms with van der Waals surface area (Å²) in [7, 11) is -0.993. The van der Waals surface area contributed by atoms with Crippen molar-refractivity contribution in [3.8, 4) is 0 Å². The van der Waals surface area contributed by atoms with Gasteiger partial charge in [-0.1, -0.05) is 0 Å². The fraction of sp³-hybridized carbons (Fsp3) is 1.00. The second kappa shape index (κ2) is 21.1. The van der Waals surface area contributed by atoms with Gasteiger partial charge in [-0.2, -0.15) is 0 Å². The van der Waals surface area contributed by atoms with Crippen molar-refractivity contribution in [3.05, 3.63) is 0 Å². The van der Waals surface area contributed by atoms with Crippen LogP contribution in [-0.4, -0.2) is 24.6 Å². The van der Waals surface area contributed by atoms with Gasteiger partial charge in [-0.25, -0.2) is 0 Å². The first-order valence-corrected chi connectivity index (χ1v) is 16.1. The summed E-state index contributed by atoms with van der Waals surface area (Å²) in [5.41, 5.74) is 0. The van der Waals surface area contributed by atoms with E-state index in [1.807, 2.05) is 0 Å². The van der Waals surface area contributed by atoms with Gasteiger partial charge in [0.05, 0.1) is 0 Å². The molecule has 0 rings (SSSR count). The molecular weight excluding hydrogens is 343 g/mol. The molecule has 0 aromatic rings. The Bertz CT molecular complexity index is 247. The molecule has 0 fully saturated rings. The van der Waals surface area contributed by atoms with Gasteiger partial charge in [-0.05, 0) is 0 Å². The second-order valence-electron chi connectivity index (χ2n) is 9.45. The Morgan fingerprint density at radius 1 is 0.296 bits per heavy atom. The van der Waals surface area contributed by atoms with Crippen molar-refractivity contribution < 1.29 is 0 Å². The summed E-state index contributed by atoms with van der Waals surface area (Å²) < 4.78 is 0. The molecule has 0 atom stereocenters. The quantitative estimate of drug-likeness (QED) is 0.125. The monoisotopic (exact) mass is 400 g/mol. The molecule has 0 saturated heterocycles. The average Bonchev–Trinajstić information content (AvgIpc) is 2.67. The Hall–Kier alpha value is 0.430. The Morgan fingerprint density at radius 2 is 0.519 bits per heavy atom. The summed E-state index contributed by atoms with van der Waals surface area (Å²) in [6.07, 6.45) is 33.3. The maximum absolute atomic E-state index is 2.37. The van der Waals surface area contributed by atoms with Crippen LogP contribution >= 0.6 is 7.26 Å². The van der Waals surface area contributed by atoms with Crippen molar-refractivity contribution in [2.75, 3.05) is 24.6 Å². The van der Waals surface area contributed by atoms with E-state index in [1.165, 1.54) is 89.9 Å². The zero-order valence-corrected chi connectivity index (χ0v) is 21.1. The molecular formula is C26H57P. The van der Waals surface area contributed by atoms with Gasteiger partial charge in [0.2, 0.25) is 0 Å². The molecule has 0 aromatic carbocycles. The van der Waals surface area contributed by atoms with Crippen LogP contribution in [-0.2, 0) is 0 Å². The van der Waals surface area contributed by atoms with Crippen LogP contribution in [0.2, 0.25) is 0 Å². The molecule has 27 heavy (non-hydrogen) atoms. The number of rotatable bonds is 22. The molecule has 0 aliphatic rings. The fourth-order valence-corrected chi connectivity index (χ4v) is 10.3. The normalized spacial score (nSPS) is 12.6. The van der Waals surface area contributed by atoms with Crippen molar-refractivity contribution in [2.45, 2.75) is 143 Å². The minimum absolute atomic E-state index is 0.993. The Labute approximate surface area is 175 Å². The molecule has 0 nitrogen and oxygen atoms in total. The van der Waals surface area contributed by atoms with Crippen LogP contribution in [0, 0.1) is 0 Å². The van der Waals surface area contributed by atoms with E-state index in [1.54, 1.807) is 50.3 Å². The van der Waals surface area contributed by atoms with Crippen LogP contribution in [0.1, 0.15) is 143 Å². The molecule has 1 heteroatoms. The summed E-state index contributed by atoms with van der Waals surface area (Å²) >= 11 is 0. The van der Waals surface area contributed by atoms with Crippen LogP contribution < -0.4 is 0 Å². The zero-order chi connectivity index (χ0) is 20.1. The second-order valence-corrected chi connectivity index (χ2v) is 14.4. The minimum atomic E-state index is -0.993. The summed E-state index contributed by atoms with van der Waals surface area (Å²) in [4.78, 5) is 0. The summed E-state index contributed by atoms with van der Waals surface area (Å²) in [6, 6.07) is 0. The van der Waals surface area contributed by atoms with E-state index < -0.39 is 7.26 Å². The van der Waals surface area contributed by atoms with Crippen LogP contribution in [0.15, 0.2) is 0 Å². The number of unbranched alkanes of at least 4 members (excludes halogenated alkanes) is 14. The fourth-order valence-electron chi connectivity index (χ4n) is 4.81. The van der Waals surface area contributed by atoms with Gasteiger partial charge in [-0.15, -0.1) is 0 Å². The Morgan fingerprint density at radius 3 is 0.852 bits per heavy atom. The molecule has 0 amide bonds. The number of hydrogen-bond acceptors (Lipinski definition) is 0. The van der Waals surface area contributed by atoms with E-state index in [2.05, 4.69) is 27.7 Å². The third kappa shape index (κ3) is 17.0. The van der Waals surface area contributed by atoms with Crippen molar-refractivity contribution >= 4 is 7.26 Å². The first kappa shape index (κ1) is 27.4. The van der Waals surface area contributed by atoms with Gasteiger partial charge in [0, 0.05) is 0 Å². The standard InChI is InChI=1S/C26H57P/c1-5-9-13-14-15-16-17-18-22-26-27(23-19-10-6-2,24-20-11-7-3)25-21-12-8-4/h27H,5-26H2,1-4H3. The van der Waals surface area contributed by atoms with E-state index in [0.29, 0.717) is 0 Å². The van der Waals surface area contributed by atoms with Crippen LogP contribution in [0.25, 0.3) is 0 Å². The molecule has 0 aromatic heterocycles. The van der Waals surface area contributed by atoms with E-state index >= 15 is 0 Å². The van der Waals surface area contributed by atoms with E-state index in [-0.39, 0.29) is 0 Å². The van der Waals surface area contributed by atoms with Gasteiger partial charge in [0.15, 0.2) is 0 Å². The molecule has 166 valence electrons. The van der Waals surface area contributed by atoms with Crippen molar-refractivity contribution in [2.24, 2.45) is 0 Å². The Balaban J connectivity index is 4.32. The van der Waals surface area contributed by atoms with E-state index in [4.69, 9.17) is 0 Å². The molecule has 0 aliphatic carbocycles. The van der Waals surface area contributed by atoms with Gasteiger partial charge in [-0.3, -0.25) is 0 Å². The van der Waals surface area contributed by atoms with Gasteiger partial charge in [0.1, 0.15) is 0 Å². The van der Waals surface area contributed by atoms with Crippen molar-refractivity contribution in [3.63, 3.8) is 0 Å². The molecule has 0 bridgehead atoms.